The molecule has 2 heterocycles. The Morgan fingerprint density at radius 1 is 1.17 bits per heavy atom. The summed E-state index contributed by atoms with van der Waals surface area (Å²) < 4.78 is 18.6. The number of hydrogen-bond acceptors (Lipinski definition) is 6. The minimum Gasteiger partial charge on any atom is -0.493 e. The van der Waals surface area contributed by atoms with Crippen molar-refractivity contribution in [2.24, 2.45) is 0 Å². The van der Waals surface area contributed by atoms with Crippen LogP contribution in [0.5, 0.6) is 17.2 Å². The Balaban J connectivity index is 1.73. The summed E-state index contributed by atoms with van der Waals surface area (Å²) in [6.07, 6.45) is 2.29. The molecule has 152 valence electrons. The molecule has 0 aliphatic carbocycles. The summed E-state index contributed by atoms with van der Waals surface area (Å²) in [4.78, 5) is 4.39. The van der Waals surface area contributed by atoms with Crippen LogP contribution in [0.4, 0.5) is 5.95 Å². The van der Waals surface area contributed by atoms with Crippen LogP contribution in [-0.2, 0) is 0 Å². The van der Waals surface area contributed by atoms with Crippen molar-refractivity contribution in [3.05, 3.63) is 58.9 Å². The lowest BCUT2D eigenvalue weighted by atomic mass is 9.92. The second-order valence-corrected chi connectivity index (χ2v) is 7.09. The lowest BCUT2D eigenvalue weighted by Crippen LogP contribution is -2.28. The standard InChI is InChI=1S/C21H23ClN4O3/c1-4-29-18-9-8-13(10-15(18)22)16-11-17(26-21(25-16)23-12-24-26)14-6-5-7-19(27-2)20(14)28-3/h5-10,12,16-17H,4,11H2,1-3H3,(H,23,24,25)/t16-,17+/m1/s1. The molecule has 1 aliphatic rings. The fourth-order valence-corrected chi connectivity index (χ4v) is 4.02. The van der Waals surface area contributed by atoms with Gasteiger partial charge in [-0.1, -0.05) is 29.8 Å². The largest absolute Gasteiger partial charge is 0.493 e. The number of fused-ring (bicyclic) bond motifs is 1. The van der Waals surface area contributed by atoms with Gasteiger partial charge in [-0.05, 0) is 37.1 Å². The van der Waals surface area contributed by atoms with Gasteiger partial charge in [0.15, 0.2) is 11.5 Å². The lowest BCUT2D eigenvalue weighted by Gasteiger charge is -2.32. The summed E-state index contributed by atoms with van der Waals surface area (Å²) in [5.74, 6) is 2.77. The van der Waals surface area contributed by atoms with Gasteiger partial charge < -0.3 is 19.5 Å². The Kier molecular flexibility index (Phi) is 5.49. The van der Waals surface area contributed by atoms with Gasteiger partial charge in [-0.2, -0.15) is 10.1 Å². The maximum Gasteiger partial charge on any atom is 0.222 e. The van der Waals surface area contributed by atoms with Crippen molar-refractivity contribution < 1.29 is 14.2 Å². The van der Waals surface area contributed by atoms with Crippen molar-refractivity contribution in [2.45, 2.75) is 25.4 Å². The number of aromatic nitrogens is 3. The average molecular weight is 415 g/mol. The van der Waals surface area contributed by atoms with Gasteiger partial charge >= 0.3 is 0 Å². The highest BCUT2D eigenvalue weighted by Crippen LogP contribution is 2.44. The Labute approximate surface area is 174 Å². The number of nitrogens with zero attached hydrogens (tertiary/aromatic N) is 3. The molecule has 7 nitrogen and oxygen atoms in total. The van der Waals surface area contributed by atoms with Gasteiger partial charge in [-0.3, -0.25) is 0 Å². The molecule has 1 aliphatic heterocycles. The quantitative estimate of drug-likeness (QED) is 0.640. The van der Waals surface area contributed by atoms with E-state index in [9.17, 15) is 0 Å². The maximum atomic E-state index is 6.42. The van der Waals surface area contributed by atoms with E-state index in [2.05, 4.69) is 15.4 Å². The molecular formula is C21H23ClN4O3. The monoisotopic (exact) mass is 414 g/mol. The van der Waals surface area contributed by atoms with Crippen LogP contribution in [0.2, 0.25) is 5.02 Å². The second kappa shape index (κ2) is 8.21. The minimum atomic E-state index is -0.0749. The van der Waals surface area contributed by atoms with E-state index >= 15 is 0 Å². The molecule has 0 saturated heterocycles. The summed E-state index contributed by atoms with van der Waals surface area (Å²) >= 11 is 6.42. The maximum absolute atomic E-state index is 6.42. The number of nitrogens with one attached hydrogen (secondary N) is 1. The number of halogens is 1. The molecule has 1 N–H and O–H groups in total. The van der Waals surface area contributed by atoms with Gasteiger partial charge in [0.25, 0.3) is 0 Å². The molecule has 0 amide bonds. The van der Waals surface area contributed by atoms with Crippen LogP contribution < -0.4 is 19.5 Å². The smallest absolute Gasteiger partial charge is 0.222 e. The molecule has 1 aromatic heterocycles. The van der Waals surface area contributed by atoms with Crippen LogP contribution in [0.1, 0.15) is 36.6 Å². The summed E-state index contributed by atoms with van der Waals surface area (Å²) in [6.45, 7) is 2.51. The van der Waals surface area contributed by atoms with Crippen LogP contribution in [0.15, 0.2) is 42.7 Å². The molecular weight excluding hydrogens is 392 g/mol. The van der Waals surface area contributed by atoms with Crippen molar-refractivity contribution >= 4 is 17.5 Å². The van der Waals surface area contributed by atoms with E-state index < -0.39 is 0 Å². The Morgan fingerprint density at radius 2 is 2.03 bits per heavy atom. The topological polar surface area (TPSA) is 70.4 Å². The van der Waals surface area contributed by atoms with Crippen LogP contribution >= 0.6 is 11.6 Å². The lowest BCUT2D eigenvalue weighted by molar-refractivity contribution is 0.338. The normalized spacial score (nSPS) is 17.9. The zero-order chi connectivity index (χ0) is 20.4. The van der Waals surface area contributed by atoms with Crippen molar-refractivity contribution in [1.82, 2.24) is 14.8 Å². The van der Waals surface area contributed by atoms with Crippen molar-refractivity contribution in [3.63, 3.8) is 0 Å². The van der Waals surface area contributed by atoms with Crippen LogP contribution in [-0.4, -0.2) is 35.6 Å². The van der Waals surface area contributed by atoms with Gasteiger partial charge in [-0.15, -0.1) is 0 Å². The highest BCUT2D eigenvalue weighted by atomic mass is 35.5. The fourth-order valence-electron chi connectivity index (χ4n) is 3.78. The highest BCUT2D eigenvalue weighted by molar-refractivity contribution is 6.32. The zero-order valence-corrected chi connectivity index (χ0v) is 17.3. The van der Waals surface area contributed by atoms with Gasteiger partial charge in [0.2, 0.25) is 5.95 Å². The number of para-hydroxylation sites is 1. The molecule has 29 heavy (non-hydrogen) atoms. The predicted octanol–water partition coefficient (Wildman–Crippen LogP) is 4.49. The SMILES string of the molecule is CCOc1ccc([C@H]2C[C@@H](c3cccc(OC)c3OC)n3ncnc3N2)cc1Cl. The molecule has 0 radical (unpaired) electrons. The summed E-state index contributed by atoms with van der Waals surface area (Å²) in [5.41, 5.74) is 2.04. The van der Waals surface area contributed by atoms with Crippen molar-refractivity contribution in [2.75, 3.05) is 26.1 Å². The second-order valence-electron chi connectivity index (χ2n) is 6.68. The molecule has 2 atom stereocenters. The summed E-state index contributed by atoms with van der Waals surface area (Å²) in [7, 11) is 3.28. The molecule has 8 heteroatoms. The average Bonchev–Trinajstić information content (AvgIpc) is 3.22. The van der Waals surface area contributed by atoms with Crippen LogP contribution in [0.3, 0.4) is 0 Å². The predicted molar refractivity (Wildman–Crippen MR) is 111 cm³/mol. The van der Waals surface area contributed by atoms with Gasteiger partial charge in [0.1, 0.15) is 12.1 Å². The van der Waals surface area contributed by atoms with E-state index in [1.807, 2.05) is 48.0 Å². The van der Waals surface area contributed by atoms with Crippen molar-refractivity contribution in [3.8, 4) is 17.2 Å². The van der Waals surface area contributed by atoms with E-state index in [1.54, 1.807) is 20.5 Å². The number of hydrogen-bond donors (Lipinski definition) is 1. The van der Waals surface area contributed by atoms with Crippen LogP contribution in [0.25, 0.3) is 0 Å². The first-order chi connectivity index (χ1) is 14.2. The van der Waals surface area contributed by atoms with Gasteiger partial charge in [-0.25, -0.2) is 4.68 Å². The first-order valence-electron chi connectivity index (χ1n) is 9.45. The highest BCUT2D eigenvalue weighted by Gasteiger charge is 2.32. The van der Waals surface area contributed by atoms with E-state index in [4.69, 9.17) is 25.8 Å². The van der Waals surface area contributed by atoms with Crippen LogP contribution in [0, 0.1) is 0 Å². The summed E-state index contributed by atoms with van der Waals surface area (Å²) in [5, 5.41) is 8.48. The molecule has 2 aromatic carbocycles. The number of ether oxygens (including phenoxy) is 3. The third-order valence-corrected chi connectivity index (χ3v) is 5.38. The van der Waals surface area contributed by atoms with Gasteiger partial charge in [0, 0.05) is 5.56 Å². The number of anilines is 1. The molecule has 3 aromatic rings. The molecule has 0 spiro atoms. The Morgan fingerprint density at radius 3 is 2.76 bits per heavy atom. The molecule has 4 rings (SSSR count). The number of methoxy groups -OCH3 is 2. The zero-order valence-electron chi connectivity index (χ0n) is 16.6. The van der Waals surface area contributed by atoms with E-state index in [0.29, 0.717) is 34.8 Å². The Hall–Kier alpha value is -2.93. The fraction of sp³-hybridized carbons (Fsp3) is 0.333. The first-order valence-corrected chi connectivity index (χ1v) is 9.83. The number of benzene rings is 2. The summed E-state index contributed by atoms with van der Waals surface area (Å²) in [6, 6.07) is 11.7. The molecule has 0 fully saturated rings. The third kappa shape index (κ3) is 3.58. The van der Waals surface area contributed by atoms with E-state index in [-0.39, 0.29) is 12.1 Å². The van der Waals surface area contributed by atoms with Crippen molar-refractivity contribution in [1.29, 1.82) is 0 Å². The molecule has 0 bridgehead atoms. The molecule has 0 unspecified atom stereocenters. The van der Waals surface area contributed by atoms with E-state index in [1.165, 1.54) is 0 Å². The number of rotatable bonds is 6. The first kappa shape index (κ1) is 19.4. The minimum absolute atomic E-state index is 0.000726. The molecule has 0 saturated carbocycles. The van der Waals surface area contributed by atoms with E-state index in [0.717, 1.165) is 17.5 Å². The third-order valence-electron chi connectivity index (χ3n) is 5.08. The Bertz CT molecular complexity index is 1010. The van der Waals surface area contributed by atoms with Gasteiger partial charge in [0.05, 0.1) is 37.9 Å².